The van der Waals surface area contributed by atoms with Crippen molar-refractivity contribution in [3.63, 3.8) is 0 Å². The number of nitrogens with zero attached hydrogens (tertiary/aromatic N) is 2. The molecule has 1 unspecified atom stereocenters. The van der Waals surface area contributed by atoms with E-state index >= 15 is 0 Å². The van der Waals surface area contributed by atoms with E-state index in [1.165, 1.54) is 32.6 Å². The van der Waals surface area contributed by atoms with E-state index in [9.17, 15) is 0 Å². The van der Waals surface area contributed by atoms with Crippen molar-refractivity contribution in [1.29, 1.82) is 0 Å². The molecule has 122 valence electrons. The van der Waals surface area contributed by atoms with Crippen molar-refractivity contribution in [3.8, 4) is 0 Å². The summed E-state index contributed by atoms with van der Waals surface area (Å²) in [5, 5.41) is 0. The number of hydrogen-bond acceptors (Lipinski definition) is 3. The van der Waals surface area contributed by atoms with Gasteiger partial charge in [0.15, 0.2) is 0 Å². The van der Waals surface area contributed by atoms with Gasteiger partial charge in [-0.05, 0) is 63.9 Å². The van der Waals surface area contributed by atoms with Crippen LogP contribution in [0.2, 0.25) is 0 Å². The van der Waals surface area contributed by atoms with Gasteiger partial charge in [0.05, 0.1) is 0 Å². The van der Waals surface area contributed by atoms with Crippen molar-refractivity contribution >= 4 is 0 Å². The van der Waals surface area contributed by atoms with Gasteiger partial charge in [-0.15, -0.1) is 0 Å². The second-order valence-corrected chi connectivity index (χ2v) is 7.13. The molecule has 0 heterocycles. The van der Waals surface area contributed by atoms with Gasteiger partial charge in [-0.3, -0.25) is 0 Å². The third-order valence-corrected chi connectivity index (χ3v) is 3.98. The Bertz CT molecular complexity index is 219. The van der Waals surface area contributed by atoms with E-state index in [4.69, 9.17) is 5.73 Å². The monoisotopic (exact) mass is 285 g/mol. The van der Waals surface area contributed by atoms with Gasteiger partial charge < -0.3 is 15.5 Å². The zero-order chi connectivity index (χ0) is 15.6. The van der Waals surface area contributed by atoms with Crippen LogP contribution in [0.3, 0.4) is 0 Å². The molecule has 20 heavy (non-hydrogen) atoms. The van der Waals surface area contributed by atoms with Crippen LogP contribution in [0, 0.1) is 5.41 Å². The van der Waals surface area contributed by atoms with Gasteiger partial charge in [0.25, 0.3) is 0 Å². The molecule has 0 rings (SSSR count). The Labute approximate surface area is 127 Å². The Hall–Kier alpha value is -0.120. The van der Waals surface area contributed by atoms with Crippen molar-refractivity contribution in [2.45, 2.75) is 66.8 Å². The first kappa shape index (κ1) is 19.9. The van der Waals surface area contributed by atoms with Crippen LogP contribution in [0.5, 0.6) is 0 Å². The first-order valence-electron chi connectivity index (χ1n) is 8.52. The van der Waals surface area contributed by atoms with E-state index in [0.29, 0.717) is 11.5 Å². The first-order valence-corrected chi connectivity index (χ1v) is 8.52. The summed E-state index contributed by atoms with van der Waals surface area (Å²) in [5.41, 5.74) is 6.59. The van der Waals surface area contributed by atoms with Gasteiger partial charge in [0.1, 0.15) is 0 Å². The smallest absolute Gasteiger partial charge is 0.00559 e. The highest BCUT2D eigenvalue weighted by atomic mass is 15.1. The van der Waals surface area contributed by atoms with Gasteiger partial charge in [0.2, 0.25) is 0 Å². The van der Waals surface area contributed by atoms with Crippen molar-refractivity contribution in [2.24, 2.45) is 11.1 Å². The first-order chi connectivity index (χ1) is 9.32. The van der Waals surface area contributed by atoms with Crippen LogP contribution >= 0.6 is 0 Å². The lowest BCUT2D eigenvalue weighted by molar-refractivity contribution is 0.230. The fraction of sp³-hybridized carbons (Fsp3) is 1.00. The Morgan fingerprint density at radius 1 is 0.850 bits per heavy atom. The van der Waals surface area contributed by atoms with Crippen LogP contribution in [-0.4, -0.2) is 55.1 Å². The van der Waals surface area contributed by atoms with E-state index in [1.807, 2.05) is 0 Å². The fourth-order valence-electron chi connectivity index (χ4n) is 2.72. The molecule has 0 aromatic heterocycles. The van der Waals surface area contributed by atoms with Gasteiger partial charge >= 0.3 is 0 Å². The highest BCUT2D eigenvalue weighted by molar-refractivity contribution is 4.73. The summed E-state index contributed by atoms with van der Waals surface area (Å²) >= 11 is 0. The van der Waals surface area contributed by atoms with Crippen molar-refractivity contribution in [1.82, 2.24) is 9.80 Å². The zero-order valence-corrected chi connectivity index (χ0v) is 14.9. The molecular weight excluding hydrogens is 246 g/mol. The predicted octanol–water partition coefficient (Wildman–Crippen LogP) is 3.19. The molecule has 3 nitrogen and oxygen atoms in total. The fourth-order valence-corrected chi connectivity index (χ4v) is 2.72. The number of nitrogens with two attached hydrogens (primary N) is 1. The Balaban J connectivity index is 3.86. The van der Waals surface area contributed by atoms with E-state index in [-0.39, 0.29) is 0 Å². The summed E-state index contributed by atoms with van der Waals surface area (Å²) in [6.45, 7) is 20.6. The van der Waals surface area contributed by atoms with Crippen LogP contribution in [0.4, 0.5) is 0 Å². The predicted molar refractivity (Wildman–Crippen MR) is 91.2 cm³/mol. The second-order valence-electron chi connectivity index (χ2n) is 7.13. The van der Waals surface area contributed by atoms with Crippen LogP contribution < -0.4 is 5.73 Å². The molecule has 0 aliphatic heterocycles. The van der Waals surface area contributed by atoms with E-state index in [0.717, 1.165) is 25.9 Å². The molecular formula is C17H39N3. The van der Waals surface area contributed by atoms with Gasteiger partial charge in [0, 0.05) is 6.04 Å². The molecule has 1 atom stereocenters. The summed E-state index contributed by atoms with van der Waals surface area (Å²) in [4.78, 5) is 5.05. The lowest BCUT2D eigenvalue weighted by Gasteiger charge is -2.27. The maximum Gasteiger partial charge on any atom is 0.00559 e. The van der Waals surface area contributed by atoms with E-state index < -0.39 is 0 Å². The van der Waals surface area contributed by atoms with Crippen LogP contribution in [0.25, 0.3) is 0 Å². The molecule has 2 N–H and O–H groups in total. The Kier molecular flexibility index (Phi) is 10.5. The average molecular weight is 286 g/mol. The maximum absolute atomic E-state index is 6.25. The summed E-state index contributed by atoms with van der Waals surface area (Å²) in [7, 11) is 0. The molecule has 0 aliphatic carbocycles. The third-order valence-electron chi connectivity index (χ3n) is 3.98. The molecule has 0 spiro atoms. The molecule has 0 fully saturated rings. The number of rotatable bonds is 11. The van der Waals surface area contributed by atoms with E-state index in [1.54, 1.807) is 0 Å². The third kappa shape index (κ3) is 10.6. The molecule has 0 aliphatic rings. The van der Waals surface area contributed by atoms with Crippen molar-refractivity contribution < 1.29 is 0 Å². The van der Waals surface area contributed by atoms with Crippen molar-refractivity contribution in [2.75, 3.05) is 39.3 Å². The Morgan fingerprint density at radius 2 is 1.35 bits per heavy atom. The van der Waals surface area contributed by atoms with Crippen molar-refractivity contribution in [3.05, 3.63) is 0 Å². The second kappa shape index (κ2) is 10.6. The minimum absolute atomic E-state index is 0.340. The molecule has 0 radical (unpaired) electrons. The zero-order valence-electron chi connectivity index (χ0n) is 14.9. The topological polar surface area (TPSA) is 32.5 Å². The lowest BCUT2D eigenvalue weighted by atomic mass is 9.87. The van der Waals surface area contributed by atoms with E-state index in [2.05, 4.69) is 51.3 Å². The summed E-state index contributed by atoms with van der Waals surface area (Å²) < 4.78 is 0. The maximum atomic E-state index is 6.25. The molecule has 0 aromatic carbocycles. The van der Waals surface area contributed by atoms with Gasteiger partial charge in [-0.25, -0.2) is 0 Å². The van der Waals surface area contributed by atoms with Crippen LogP contribution in [-0.2, 0) is 0 Å². The molecule has 0 saturated heterocycles. The van der Waals surface area contributed by atoms with Gasteiger partial charge in [-0.1, -0.05) is 41.5 Å². The number of hydrogen-bond donors (Lipinski definition) is 1. The quantitative estimate of drug-likeness (QED) is 0.633. The SMILES string of the molecule is CCN(CC)CCCN(CC)CCC(N)CC(C)(C)C. The molecule has 0 aromatic rings. The summed E-state index contributed by atoms with van der Waals surface area (Å²) in [5.74, 6) is 0. The molecule has 3 heteroatoms. The largest absolute Gasteiger partial charge is 0.328 e. The highest BCUT2D eigenvalue weighted by Crippen LogP contribution is 2.21. The highest BCUT2D eigenvalue weighted by Gasteiger charge is 2.16. The minimum Gasteiger partial charge on any atom is -0.328 e. The van der Waals surface area contributed by atoms with Crippen LogP contribution in [0.1, 0.15) is 60.8 Å². The molecule has 0 saturated carbocycles. The van der Waals surface area contributed by atoms with Gasteiger partial charge in [-0.2, -0.15) is 0 Å². The average Bonchev–Trinajstić information content (AvgIpc) is 2.36. The van der Waals surface area contributed by atoms with Crippen LogP contribution in [0.15, 0.2) is 0 Å². The molecule has 0 bridgehead atoms. The lowest BCUT2D eigenvalue weighted by Crippen LogP contribution is -2.34. The summed E-state index contributed by atoms with van der Waals surface area (Å²) in [6, 6.07) is 0.340. The molecule has 0 amide bonds. The summed E-state index contributed by atoms with van der Waals surface area (Å²) in [6.07, 6.45) is 3.50. The Morgan fingerprint density at radius 3 is 1.80 bits per heavy atom. The normalized spacial score (nSPS) is 14.2. The minimum atomic E-state index is 0.340. The standard InChI is InChI=1S/C17H39N3/c1-7-19(8-2)12-10-13-20(9-3)14-11-16(18)15-17(4,5)6/h16H,7-15,18H2,1-6H3.